The molecule has 18 heavy (non-hydrogen) atoms. The predicted octanol–water partition coefficient (Wildman–Crippen LogP) is 3.41. The molecular weight excluding hydrogens is 264 g/mol. The van der Waals surface area contributed by atoms with E-state index in [9.17, 15) is 0 Å². The van der Waals surface area contributed by atoms with E-state index in [4.69, 9.17) is 17.4 Å². The quantitative estimate of drug-likeness (QED) is 0.596. The van der Waals surface area contributed by atoms with Crippen molar-refractivity contribution in [3.63, 3.8) is 0 Å². The maximum Gasteiger partial charge on any atom is 0.0441 e. The summed E-state index contributed by atoms with van der Waals surface area (Å²) in [6.45, 7) is 6.51. The van der Waals surface area contributed by atoms with E-state index in [-0.39, 0.29) is 6.04 Å². The molecule has 1 aromatic carbocycles. The molecule has 1 atom stereocenters. The molecule has 0 heterocycles. The Balaban J connectivity index is 2.51. The monoisotopic (exact) mass is 286 g/mol. The molecule has 0 aromatic heterocycles. The minimum Gasteiger partial charge on any atom is -0.271 e. The summed E-state index contributed by atoms with van der Waals surface area (Å²) in [5.41, 5.74) is 5.24. The highest BCUT2D eigenvalue weighted by molar-refractivity contribution is 7.99. The van der Waals surface area contributed by atoms with Gasteiger partial charge in [0.1, 0.15) is 0 Å². The average Bonchev–Trinajstić information content (AvgIpc) is 2.30. The van der Waals surface area contributed by atoms with Crippen LogP contribution in [0.1, 0.15) is 25.0 Å². The number of hydrogen-bond donors (Lipinski definition) is 2. The van der Waals surface area contributed by atoms with Gasteiger partial charge in [0.15, 0.2) is 0 Å². The molecule has 0 aliphatic carbocycles. The molecule has 2 nitrogen and oxygen atoms in total. The fraction of sp³-hybridized carbons (Fsp3) is 0.571. The number of hydrazine groups is 1. The third kappa shape index (κ3) is 5.61. The van der Waals surface area contributed by atoms with E-state index < -0.39 is 0 Å². The molecule has 0 aliphatic rings. The molecule has 0 amide bonds. The summed E-state index contributed by atoms with van der Waals surface area (Å²) >= 11 is 8.18. The summed E-state index contributed by atoms with van der Waals surface area (Å²) in [7, 11) is 0. The van der Waals surface area contributed by atoms with E-state index in [0.717, 1.165) is 28.7 Å². The first-order chi connectivity index (χ1) is 8.52. The summed E-state index contributed by atoms with van der Waals surface area (Å²) in [5, 5.41) is 0.837. The van der Waals surface area contributed by atoms with Crippen molar-refractivity contribution >= 4 is 23.4 Å². The van der Waals surface area contributed by atoms with E-state index in [1.165, 1.54) is 11.3 Å². The first-order valence-electron chi connectivity index (χ1n) is 6.31. The molecule has 1 unspecified atom stereocenters. The van der Waals surface area contributed by atoms with Crippen LogP contribution in [0.3, 0.4) is 0 Å². The Bertz CT molecular complexity index is 369. The van der Waals surface area contributed by atoms with Crippen LogP contribution in [0.15, 0.2) is 18.2 Å². The number of thioether (sulfide) groups is 1. The first-order valence-corrected chi connectivity index (χ1v) is 7.85. The van der Waals surface area contributed by atoms with Crippen LogP contribution in [0.4, 0.5) is 0 Å². The number of nitrogens with one attached hydrogen (secondary N) is 1. The molecule has 0 bridgehead atoms. The lowest BCUT2D eigenvalue weighted by Gasteiger charge is -2.17. The van der Waals surface area contributed by atoms with Crippen molar-refractivity contribution in [3.05, 3.63) is 34.3 Å². The molecule has 102 valence electrons. The number of benzene rings is 1. The molecule has 0 spiro atoms. The van der Waals surface area contributed by atoms with Crippen molar-refractivity contribution < 1.29 is 0 Å². The Kier molecular flexibility index (Phi) is 7.08. The van der Waals surface area contributed by atoms with Crippen LogP contribution in [-0.4, -0.2) is 17.5 Å². The van der Waals surface area contributed by atoms with Gasteiger partial charge in [0.05, 0.1) is 0 Å². The summed E-state index contributed by atoms with van der Waals surface area (Å²) in [6.07, 6.45) is 0.876. The number of halogens is 1. The third-order valence-electron chi connectivity index (χ3n) is 2.68. The van der Waals surface area contributed by atoms with Gasteiger partial charge in [0.2, 0.25) is 0 Å². The second-order valence-corrected chi connectivity index (χ2v) is 6.58. The Morgan fingerprint density at radius 2 is 2.06 bits per heavy atom. The Morgan fingerprint density at radius 1 is 1.33 bits per heavy atom. The van der Waals surface area contributed by atoms with E-state index in [0.29, 0.717) is 0 Å². The Labute approximate surface area is 120 Å². The van der Waals surface area contributed by atoms with Crippen molar-refractivity contribution in [2.45, 2.75) is 33.2 Å². The molecule has 4 heteroatoms. The van der Waals surface area contributed by atoms with Gasteiger partial charge in [-0.05, 0) is 42.2 Å². The zero-order valence-electron chi connectivity index (χ0n) is 11.4. The van der Waals surface area contributed by atoms with Gasteiger partial charge in [-0.3, -0.25) is 11.3 Å². The third-order valence-corrected chi connectivity index (χ3v) is 4.57. The van der Waals surface area contributed by atoms with Gasteiger partial charge in [0.25, 0.3) is 0 Å². The van der Waals surface area contributed by atoms with E-state index >= 15 is 0 Å². The highest BCUT2D eigenvalue weighted by Gasteiger charge is 2.10. The maximum atomic E-state index is 6.24. The van der Waals surface area contributed by atoms with E-state index in [2.05, 4.69) is 31.4 Å². The number of hydrogen-bond acceptors (Lipinski definition) is 3. The Morgan fingerprint density at radius 3 is 2.61 bits per heavy atom. The van der Waals surface area contributed by atoms with Crippen molar-refractivity contribution in [1.29, 1.82) is 0 Å². The number of nitrogens with two attached hydrogens (primary N) is 1. The van der Waals surface area contributed by atoms with Crippen LogP contribution in [0.25, 0.3) is 0 Å². The van der Waals surface area contributed by atoms with E-state index in [1.54, 1.807) is 0 Å². The maximum absolute atomic E-state index is 6.24. The second kappa shape index (κ2) is 8.05. The van der Waals surface area contributed by atoms with Crippen molar-refractivity contribution in [2.75, 3.05) is 11.5 Å². The smallest absolute Gasteiger partial charge is 0.0441 e. The van der Waals surface area contributed by atoms with Gasteiger partial charge >= 0.3 is 0 Å². The molecular formula is C14H23ClN2S. The predicted molar refractivity (Wildman–Crippen MR) is 83.2 cm³/mol. The van der Waals surface area contributed by atoms with Crippen molar-refractivity contribution in [1.82, 2.24) is 5.43 Å². The lowest BCUT2D eigenvalue weighted by molar-refractivity contribution is 0.575. The molecule has 0 fully saturated rings. The first kappa shape index (κ1) is 15.8. The SMILES string of the molecule is Cc1ccc(CC(CSCC(C)C)NN)c(Cl)c1. The van der Waals surface area contributed by atoms with Crippen LogP contribution in [0.5, 0.6) is 0 Å². The highest BCUT2D eigenvalue weighted by atomic mass is 35.5. The summed E-state index contributed by atoms with van der Waals surface area (Å²) in [5.74, 6) is 8.51. The summed E-state index contributed by atoms with van der Waals surface area (Å²) in [4.78, 5) is 0. The Hall–Kier alpha value is -0.220. The molecule has 0 saturated heterocycles. The average molecular weight is 287 g/mol. The minimum absolute atomic E-state index is 0.272. The van der Waals surface area contributed by atoms with Gasteiger partial charge in [-0.15, -0.1) is 0 Å². The largest absolute Gasteiger partial charge is 0.271 e. The van der Waals surface area contributed by atoms with Crippen LogP contribution in [0, 0.1) is 12.8 Å². The van der Waals surface area contributed by atoms with Crippen LogP contribution >= 0.6 is 23.4 Å². The lowest BCUT2D eigenvalue weighted by atomic mass is 10.1. The van der Waals surface area contributed by atoms with Crippen LogP contribution in [0.2, 0.25) is 5.02 Å². The van der Waals surface area contributed by atoms with Gasteiger partial charge in [0, 0.05) is 16.8 Å². The summed E-state index contributed by atoms with van der Waals surface area (Å²) in [6, 6.07) is 6.46. The van der Waals surface area contributed by atoms with Crippen LogP contribution in [-0.2, 0) is 6.42 Å². The summed E-state index contributed by atoms with van der Waals surface area (Å²) < 4.78 is 0. The van der Waals surface area contributed by atoms with Gasteiger partial charge in [-0.2, -0.15) is 11.8 Å². The molecule has 1 aromatic rings. The number of aryl methyl sites for hydroxylation is 1. The fourth-order valence-corrected chi connectivity index (χ4v) is 3.11. The topological polar surface area (TPSA) is 38.0 Å². The zero-order valence-corrected chi connectivity index (χ0v) is 12.9. The van der Waals surface area contributed by atoms with Gasteiger partial charge < -0.3 is 0 Å². The fourth-order valence-electron chi connectivity index (χ4n) is 1.70. The second-order valence-electron chi connectivity index (χ2n) is 5.09. The molecule has 3 N–H and O–H groups in total. The molecule has 0 radical (unpaired) electrons. The van der Waals surface area contributed by atoms with Crippen LogP contribution < -0.4 is 11.3 Å². The number of rotatable bonds is 7. The molecule has 1 rings (SSSR count). The highest BCUT2D eigenvalue weighted by Crippen LogP contribution is 2.20. The minimum atomic E-state index is 0.272. The normalized spacial score (nSPS) is 13.0. The van der Waals surface area contributed by atoms with Gasteiger partial charge in [-0.1, -0.05) is 37.6 Å². The van der Waals surface area contributed by atoms with Crippen molar-refractivity contribution in [3.8, 4) is 0 Å². The standard InChI is InChI=1S/C14H23ClN2S/c1-10(2)8-18-9-13(17-16)7-12-5-4-11(3)6-14(12)15/h4-6,10,13,17H,7-9,16H2,1-3H3. The zero-order chi connectivity index (χ0) is 13.5. The van der Waals surface area contributed by atoms with E-state index in [1.807, 2.05) is 24.8 Å². The molecule has 0 aliphatic heterocycles. The molecule has 0 saturated carbocycles. The van der Waals surface area contributed by atoms with Crippen molar-refractivity contribution in [2.24, 2.45) is 11.8 Å². The van der Waals surface area contributed by atoms with Gasteiger partial charge in [-0.25, -0.2) is 0 Å². The lowest BCUT2D eigenvalue weighted by Crippen LogP contribution is -2.38.